The number of hydrogen-bond acceptors (Lipinski definition) is 7. The molecule has 0 aliphatic heterocycles. The second kappa shape index (κ2) is 42.1. The van der Waals surface area contributed by atoms with Crippen molar-refractivity contribution in [1.82, 2.24) is 0 Å². The minimum atomic E-state index is -4.28. The summed E-state index contributed by atoms with van der Waals surface area (Å²) in [5.74, 6) is -0.801. The lowest BCUT2D eigenvalue weighted by molar-refractivity contribution is -0.161. The van der Waals surface area contributed by atoms with E-state index < -0.39 is 26.5 Å². The summed E-state index contributed by atoms with van der Waals surface area (Å²) in [6.45, 7) is 5.49. The Balaban J connectivity index is 4.04. The van der Waals surface area contributed by atoms with Gasteiger partial charge >= 0.3 is 19.8 Å². The molecule has 324 valence electrons. The third-order valence-corrected chi connectivity index (χ3v) is 11.0. The van der Waals surface area contributed by atoms with Gasteiger partial charge in [0.15, 0.2) is 6.10 Å². The van der Waals surface area contributed by atoms with Crippen LogP contribution in [0.4, 0.5) is 0 Å². The average molecular weight is 799 g/mol. The Kier molecular flexibility index (Phi) is 41.0. The highest BCUT2D eigenvalue weighted by Crippen LogP contribution is 2.43. The van der Waals surface area contributed by atoms with E-state index in [-0.39, 0.29) is 32.0 Å². The van der Waals surface area contributed by atoms with Crippen molar-refractivity contribution in [3.05, 3.63) is 24.3 Å². The zero-order valence-electron chi connectivity index (χ0n) is 36.1. The van der Waals surface area contributed by atoms with E-state index in [2.05, 4.69) is 38.2 Å². The quantitative estimate of drug-likeness (QED) is 0.0281. The molecule has 0 heterocycles. The van der Waals surface area contributed by atoms with Crippen LogP contribution in [0.2, 0.25) is 0 Å². The zero-order chi connectivity index (χ0) is 40.3. The fourth-order valence-corrected chi connectivity index (χ4v) is 7.32. The van der Waals surface area contributed by atoms with Gasteiger partial charge in [-0.2, -0.15) is 0 Å². The Morgan fingerprint density at radius 3 is 1.20 bits per heavy atom. The van der Waals surface area contributed by atoms with Crippen molar-refractivity contribution in [2.24, 2.45) is 0 Å². The molecule has 0 aliphatic rings. The molecule has 2 unspecified atom stereocenters. The molecule has 2 atom stereocenters. The highest BCUT2D eigenvalue weighted by Gasteiger charge is 2.25. The molecule has 0 radical (unpaired) electrons. The SMILES string of the molecule is CCCCCCCC/C=C\CCCCCCCCCCCC(=O)OC(COC(=O)CCCCCCC/C=C\CCCCCCCCC)COP(=O)(O)OCC. The predicted molar refractivity (Wildman–Crippen MR) is 230 cm³/mol. The van der Waals surface area contributed by atoms with Gasteiger partial charge in [-0.3, -0.25) is 18.6 Å². The number of hydrogen-bond donors (Lipinski definition) is 1. The third-order valence-electron chi connectivity index (χ3n) is 9.98. The smallest absolute Gasteiger partial charge is 0.462 e. The van der Waals surface area contributed by atoms with Gasteiger partial charge in [-0.05, 0) is 71.1 Å². The van der Waals surface area contributed by atoms with Gasteiger partial charge in [0.05, 0.1) is 13.2 Å². The molecule has 0 rings (SSSR count). The summed E-state index contributed by atoms with van der Waals surface area (Å²) >= 11 is 0. The van der Waals surface area contributed by atoms with Crippen molar-refractivity contribution in [2.45, 2.75) is 239 Å². The highest BCUT2D eigenvalue weighted by atomic mass is 31.2. The molecule has 0 saturated carbocycles. The van der Waals surface area contributed by atoms with Gasteiger partial charge in [0.25, 0.3) is 0 Å². The first-order valence-electron chi connectivity index (χ1n) is 23.1. The van der Waals surface area contributed by atoms with Crippen molar-refractivity contribution < 1.29 is 37.6 Å². The number of carbonyl (C=O) groups is 2. The molecule has 0 aromatic heterocycles. The fourth-order valence-electron chi connectivity index (χ4n) is 6.56. The van der Waals surface area contributed by atoms with Gasteiger partial charge in [-0.25, -0.2) is 4.57 Å². The first-order valence-corrected chi connectivity index (χ1v) is 24.6. The van der Waals surface area contributed by atoms with E-state index in [0.29, 0.717) is 6.42 Å². The van der Waals surface area contributed by atoms with Gasteiger partial charge in [-0.1, -0.05) is 173 Å². The number of ether oxygens (including phenoxy) is 2. The van der Waals surface area contributed by atoms with Gasteiger partial charge < -0.3 is 14.4 Å². The number of rotatable bonds is 43. The van der Waals surface area contributed by atoms with Crippen LogP contribution in [0.15, 0.2) is 24.3 Å². The number of allylic oxidation sites excluding steroid dienone is 4. The van der Waals surface area contributed by atoms with E-state index in [0.717, 1.165) is 44.9 Å². The van der Waals surface area contributed by atoms with Crippen molar-refractivity contribution in [1.29, 1.82) is 0 Å². The lowest BCUT2D eigenvalue weighted by Gasteiger charge is -2.19. The molecule has 0 amide bonds. The Bertz CT molecular complexity index is 952. The number of unbranched alkanes of at least 4 members (excludes halogenated alkanes) is 27. The average Bonchev–Trinajstić information content (AvgIpc) is 3.16. The van der Waals surface area contributed by atoms with Gasteiger partial charge in [0.1, 0.15) is 6.61 Å². The van der Waals surface area contributed by atoms with Crippen LogP contribution in [0, 0.1) is 0 Å². The van der Waals surface area contributed by atoms with Crippen LogP contribution in [-0.2, 0) is 32.7 Å². The Morgan fingerprint density at radius 2 is 0.818 bits per heavy atom. The standard InChI is InChI=1S/C46H87O8P/c1-4-7-9-11-13-15-17-19-21-23-24-25-27-29-31-33-35-37-39-41-46(48)54-44(43-53-55(49,50)52-6-3)42-51-45(47)40-38-36-34-32-30-28-26-22-20-18-16-14-12-10-8-5-2/h19,21-22,26,44H,4-18,20,23-25,27-43H2,1-3H3,(H,49,50)/b21-19-,26-22-. The van der Waals surface area contributed by atoms with E-state index >= 15 is 0 Å². The minimum Gasteiger partial charge on any atom is -0.462 e. The van der Waals surface area contributed by atoms with Crippen LogP contribution in [0.25, 0.3) is 0 Å². The summed E-state index contributed by atoms with van der Waals surface area (Å²) in [4.78, 5) is 34.8. The van der Waals surface area contributed by atoms with Crippen LogP contribution < -0.4 is 0 Å². The Labute approximate surface area is 339 Å². The van der Waals surface area contributed by atoms with Crippen LogP contribution in [0.3, 0.4) is 0 Å². The first kappa shape index (κ1) is 53.5. The van der Waals surface area contributed by atoms with Crippen LogP contribution >= 0.6 is 7.82 Å². The topological polar surface area (TPSA) is 108 Å². The maximum Gasteiger partial charge on any atom is 0.472 e. The Morgan fingerprint density at radius 1 is 0.473 bits per heavy atom. The van der Waals surface area contributed by atoms with Crippen LogP contribution in [0.5, 0.6) is 0 Å². The molecule has 0 saturated heterocycles. The van der Waals surface area contributed by atoms with E-state index in [9.17, 15) is 19.0 Å². The lowest BCUT2D eigenvalue weighted by Crippen LogP contribution is -2.29. The molecular formula is C46H87O8P. The van der Waals surface area contributed by atoms with E-state index in [1.165, 1.54) is 148 Å². The third kappa shape index (κ3) is 42.0. The number of phosphoric acid groups is 1. The van der Waals surface area contributed by atoms with Gasteiger partial charge in [-0.15, -0.1) is 0 Å². The van der Waals surface area contributed by atoms with E-state index in [4.69, 9.17) is 18.5 Å². The van der Waals surface area contributed by atoms with Gasteiger partial charge in [0.2, 0.25) is 0 Å². The lowest BCUT2D eigenvalue weighted by atomic mass is 10.1. The second-order valence-electron chi connectivity index (χ2n) is 15.4. The van der Waals surface area contributed by atoms with Crippen molar-refractivity contribution in [3.8, 4) is 0 Å². The fraction of sp³-hybridized carbons (Fsp3) is 0.870. The van der Waals surface area contributed by atoms with Crippen molar-refractivity contribution in [2.75, 3.05) is 19.8 Å². The predicted octanol–water partition coefficient (Wildman–Crippen LogP) is 14.6. The molecule has 8 nitrogen and oxygen atoms in total. The summed E-state index contributed by atoms with van der Waals surface area (Å²) in [5.41, 5.74) is 0. The molecule has 9 heteroatoms. The summed E-state index contributed by atoms with van der Waals surface area (Å²) in [6, 6.07) is 0. The van der Waals surface area contributed by atoms with Crippen LogP contribution in [-0.4, -0.2) is 42.8 Å². The number of carbonyl (C=O) groups excluding carboxylic acids is 2. The number of esters is 2. The zero-order valence-corrected chi connectivity index (χ0v) is 37.0. The molecule has 0 aliphatic carbocycles. The molecule has 0 aromatic carbocycles. The summed E-state index contributed by atoms with van der Waals surface area (Å²) in [7, 11) is -4.28. The maximum absolute atomic E-state index is 12.6. The summed E-state index contributed by atoms with van der Waals surface area (Å²) in [5, 5.41) is 0. The monoisotopic (exact) mass is 799 g/mol. The van der Waals surface area contributed by atoms with Crippen LogP contribution in [0.1, 0.15) is 233 Å². The number of phosphoric ester groups is 1. The molecular weight excluding hydrogens is 711 g/mol. The molecule has 0 aromatic rings. The van der Waals surface area contributed by atoms with Crippen molar-refractivity contribution >= 4 is 19.8 Å². The second-order valence-corrected chi connectivity index (χ2v) is 16.9. The highest BCUT2D eigenvalue weighted by molar-refractivity contribution is 7.47. The summed E-state index contributed by atoms with van der Waals surface area (Å²) in [6.07, 6.45) is 46.6. The molecule has 1 N–H and O–H groups in total. The molecule has 55 heavy (non-hydrogen) atoms. The minimum absolute atomic E-state index is 0.000223. The molecule has 0 bridgehead atoms. The largest absolute Gasteiger partial charge is 0.472 e. The maximum atomic E-state index is 12.6. The molecule has 0 spiro atoms. The van der Waals surface area contributed by atoms with E-state index in [1.807, 2.05) is 0 Å². The summed E-state index contributed by atoms with van der Waals surface area (Å²) < 4.78 is 32.7. The van der Waals surface area contributed by atoms with Crippen molar-refractivity contribution in [3.63, 3.8) is 0 Å². The first-order chi connectivity index (χ1) is 26.8. The van der Waals surface area contributed by atoms with Gasteiger partial charge in [0, 0.05) is 12.8 Å². The normalized spacial score (nSPS) is 13.5. The Hall–Kier alpha value is -1.47. The molecule has 0 fully saturated rings. The van der Waals surface area contributed by atoms with E-state index in [1.54, 1.807) is 6.92 Å².